The molecule has 0 N–H and O–H groups in total. The molecule has 0 spiro atoms. The maximum Gasteiger partial charge on any atom is 0.356 e. The molecule has 2 rings (SSSR count). The molecule has 0 aliphatic heterocycles. The van der Waals surface area contributed by atoms with Crippen LogP contribution in [0.3, 0.4) is 0 Å². The third-order valence-electron chi connectivity index (χ3n) is 2.70. The summed E-state index contributed by atoms with van der Waals surface area (Å²) in [5.74, 6) is -0.816. The van der Waals surface area contributed by atoms with Crippen LogP contribution in [-0.4, -0.2) is 31.7 Å². The fourth-order valence-electron chi connectivity index (χ4n) is 2.00. The molecule has 7 nitrogen and oxygen atoms in total. The van der Waals surface area contributed by atoms with E-state index in [0.717, 1.165) is 6.26 Å². The topological polar surface area (TPSA) is 94.3 Å². The van der Waals surface area contributed by atoms with Gasteiger partial charge in [0.2, 0.25) is 0 Å². The van der Waals surface area contributed by atoms with Crippen LogP contribution in [0.1, 0.15) is 17.4 Å². The first-order chi connectivity index (χ1) is 9.41. The van der Waals surface area contributed by atoms with Crippen LogP contribution < -0.4 is 0 Å². The Bertz CT molecular complexity index is 792. The molecule has 0 saturated carbocycles. The first-order valence-electron chi connectivity index (χ1n) is 5.75. The Morgan fingerprint density at radius 2 is 2.10 bits per heavy atom. The molecular formula is C12H12N2O5S. The first-order valence-corrected chi connectivity index (χ1v) is 7.64. The number of rotatable bonds is 4. The molecule has 8 heteroatoms. The van der Waals surface area contributed by atoms with Crippen molar-refractivity contribution in [3.63, 3.8) is 0 Å². The van der Waals surface area contributed by atoms with Crippen molar-refractivity contribution >= 4 is 27.0 Å². The zero-order valence-corrected chi connectivity index (χ0v) is 11.7. The predicted molar refractivity (Wildman–Crippen MR) is 71.9 cm³/mol. The maximum atomic E-state index is 12.0. The third-order valence-corrected chi connectivity index (χ3v) is 3.83. The molecule has 0 unspecified atom stereocenters. The van der Waals surface area contributed by atoms with E-state index in [2.05, 4.69) is 5.18 Å². The lowest BCUT2D eigenvalue weighted by Crippen LogP contribution is -2.12. The van der Waals surface area contributed by atoms with Crippen LogP contribution >= 0.6 is 0 Å². The summed E-state index contributed by atoms with van der Waals surface area (Å²) >= 11 is 0. The zero-order valence-electron chi connectivity index (χ0n) is 10.9. The Labute approximate surface area is 115 Å². The monoisotopic (exact) mass is 296 g/mol. The summed E-state index contributed by atoms with van der Waals surface area (Å²) in [5, 5.41) is 2.77. The van der Waals surface area contributed by atoms with Gasteiger partial charge in [0.15, 0.2) is 21.2 Å². The normalized spacial score (nSPS) is 11.5. The van der Waals surface area contributed by atoms with Gasteiger partial charge in [0.1, 0.15) is 4.90 Å². The summed E-state index contributed by atoms with van der Waals surface area (Å²) in [4.78, 5) is 22.6. The van der Waals surface area contributed by atoms with Crippen molar-refractivity contribution in [2.45, 2.75) is 11.8 Å². The minimum Gasteiger partial charge on any atom is -0.461 e. The number of sulfone groups is 1. The van der Waals surface area contributed by atoms with Gasteiger partial charge in [0.05, 0.1) is 12.1 Å². The van der Waals surface area contributed by atoms with Crippen molar-refractivity contribution < 1.29 is 17.9 Å². The van der Waals surface area contributed by atoms with E-state index in [1.54, 1.807) is 19.1 Å². The number of hydrogen-bond acceptors (Lipinski definition) is 6. The van der Waals surface area contributed by atoms with Crippen LogP contribution in [0, 0.1) is 4.91 Å². The highest BCUT2D eigenvalue weighted by atomic mass is 32.2. The number of nitroso groups, excluding NO2 is 1. The van der Waals surface area contributed by atoms with Crippen LogP contribution in [-0.2, 0) is 14.6 Å². The van der Waals surface area contributed by atoms with E-state index < -0.39 is 20.7 Å². The molecule has 0 saturated heterocycles. The molecule has 106 valence electrons. The lowest BCUT2D eigenvalue weighted by Gasteiger charge is -2.04. The van der Waals surface area contributed by atoms with Crippen molar-refractivity contribution in [3.05, 3.63) is 35.0 Å². The summed E-state index contributed by atoms with van der Waals surface area (Å²) in [6.45, 7) is 1.69. The maximum absolute atomic E-state index is 12.0. The van der Waals surface area contributed by atoms with Crippen molar-refractivity contribution in [2.75, 3.05) is 12.9 Å². The van der Waals surface area contributed by atoms with Gasteiger partial charge in [-0.1, -0.05) is 6.07 Å². The summed E-state index contributed by atoms with van der Waals surface area (Å²) in [5.41, 5.74) is -0.248. The Hall–Kier alpha value is -2.22. The second-order valence-corrected chi connectivity index (χ2v) is 6.02. The second-order valence-electron chi connectivity index (χ2n) is 4.07. The summed E-state index contributed by atoms with van der Waals surface area (Å²) < 4.78 is 29.9. The Morgan fingerprint density at radius 1 is 1.40 bits per heavy atom. The van der Waals surface area contributed by atoms with Crippen molar-refractivity contribution in [1.82, 2.24) is 4.40 Å². The van der Waals surface area contributed by atoms with Crippen LogP contribution in [0.4, 0.5) is 5.69 Å². The van der Waals surface area contributed by atoms with E-state index >= 15 is 0 Å². The van der Waals surface area contributed by atoms with E-state index in [1.165, 1.54) is 16.7 Å². The van der Waals surface area contributed by atoms with E-state index in [9.17, 15) is 18.1 Å². The minimum atomic E-state index is -3.82. The van der Waals surface area contributed by atoms with E-state index in [4.69, 9.17) is 4.74 Å². The van der Waals surface area contributed by atoms with Gasteiger partial charge in [-0.3, -0.25) is 0 Å². The Balaban J connectivity index is 2.96. The van der Waals surface area contributed by atoms with E-state index in [1.807, 2.05) is 0 Å². The van der Waals surface area contributed by atoms with Gasteiger partial charge < -0.3 is 9.14 Å². The lowest BCUT2D eigenvalue weighted by molar-refractivity contribution is 0.0513. The molecule has 0 bridgehead atoms. The number of carbonyl (C=O) groups excluding carboxylic acids is 1. The average Bonchev–Trinajstić information content (AvgIpc) is 2.73. The number of nitrogens with zero attached hydrogens (tertiary/aromatic N) is 2. The fourth-order valence-corrected chi connectivity index (χ4v) is 3.02. The first kappa shape index (κ1) is 14.2. The molecule has 2 heterocycles. The smallest absolute Gasteiger partial charge is 0.356 e. The van der Waals surface area contributed by atoms with Gasteiger partial charge in [-0.2, -0.15) is 0 Å². The fraction of sp³-hybridized carbons (Fsp3) is 0.250. The molecule has 20 heavy (non-hydrogen) atoms. The molecule has 2 aromatic rings. The van der Waals surface area contributed by atoms with Gasteiger partial charge in [0.25, 0.3) is 0 Å². The van der Waals surface area contributed by atoms with Crippen molar-refractivity contribution in [1.29, 1.82) is 0 Å². The Kier molecular flexibility index (Phi) is 3.58. The van der Waals surface area contributed by atoms with Crippen molar-refractivity contribution in [2.24, 2.45) is 5.18 Å². The predicted octanol–water partition coefficient (Wildman–Crippen LogP) is 1.92. The number of fused-ring (bicyclic) bond motifs is 1. The van der Waals surface area contributed by atoms with Crippen molar-refractivity contribution in [3.8, 4) is 0 Å². The highest BCUT2D eigenvalue weighted by Crippen LogP contribution is 2.35. The molecule has 0 aliphatic rings. The van der Waals surface area contributed by atoms with Crippen LogP contribution in [0.25, 0.3) is 5.52 Å². The molecule has 0 aliphatic carbocycles. The quantitative estimate of drug-likeness (QED) is 0.634. The molecule has 0 atom stereocenters. The van der Waals surface area contributed by atoms with Gasteiger partial charge >= 0.3 is 5.97 Å². The number of hydrogen-bond donors (Lipinski definition) is 0. The number of carbonyl (C=O) groups is 1. The third kappa shape index (κ3) is 2.18. The van der Waals surface area contributed by atoms with Gasteiger partial charge in [-0.05, 0) is 24.2 Å². The lowest BCUT2D eigenvalue weighted by atomic mass is 10.3. The Morgan fingerprint density at radius 3 is 2.65 bits per heavy atom. The SMILES string of the molecule is CCOC(=O)c1c(S(C)(=O)=O)c(N=O)c2ccccn12. The molecule has 0 radical (unpaired) electrons. The minimum absolute atomic E-state index is 0.0892. The summed E-state index contributed by atoms with van der Waals surface area (Å²) in [7, 11) is -3.82. The van der Waals surface area contributed by atoms with Gasteiger partial charge in [0, 0.05) is 12.5 Å². The van der Waals surface area contributed by atoms with Crippen LogP contribution in [0.5, 0.6) is 0 Å². The summed E-state index contributed by atoms with van der Waals surface area (Å²) in [6, 6.07) is 4.73. The average molecular weight is 296 g/mol. The van der Waals surface area contributed by atoms with Crippen LogP contribution in [0.2, 0.25) is 0 Å². The standard InChI is InChI=1S/C12H12N2O5S/c1-3-19-12(15)10-11(20(2,17)18)9(13-16)8-6-4-5-7-14(8)10/h4-7H,3H2,1-2H3. The molecular weight excluding hydrogens is 284 g/mol. The number of esters is 1. The van der Waals surface area contributed by atoms with Crippen LogP contribution in [0.15, 0.2) is 34.5 Å². The molecule has 0 fully saturated rings. The highest BCUT2D eigenvalue weighted by molar-refractivity contribution is 7.91. The number of ether oxygens (including phenoxy) is 1. The van der Waals surface area contributed by atoms with Gasteiger partial charge in [-0.25, -0.2) is 13.2 Å². The molecule has 0 aromatic carbocycles. The zero-order chi connectivity index (χ0) is 14.9. The van der Waals surface area contributed by atoms with E-state index in [0.29, 0.717) is 0 Å². The summed E-state index contributed by atoms with van der Waals surface area (Å²) in [6.07, 6.45) is 2.39. The van der Waals surface area contributed by atoms with E-state index in [-0.39, 0.29) is 23.5 Å². The van der Waals surface area contributed by atoms with Gasteiger partial charge in [-0.15, -0.1) is 4.91 Å². The molecule has 0 amide bonds. The second kappa shape index (κ2) is 5.04. The number of aromatic nitrogens is 1. The largest absolute Gasteiger partial charge is 0.461 e. The highest BCUT2D eigenvalue weighted by Gasteiger charge is 2.31. The molecule has 2 aromatic heterocycles. The number of pyridine rings is 1.